The van der Waals surface area contributed by atoms with E-state index in [0.717, 1.165) is 18.7 Å². The third-order valence-electron chi connectivity index (χ3n) is 3.99. The van der Waals surface area contributed by atoms with Crippen LogP contribution in [0.25, 0.3) is 0 Å². The Bertz CT molecular complexity index is 502. The smallest absolute Gasteiger partial charge is 0.228 e. The second kappa shape index (κ2) is 6.75. The standard InChI is InChI=1S/C17H25FN2O2/c1-17(2,3)16(22)20-10-8-19(9-11-20)12-15(21)13-4-6-14(18)7-5-13/h4-7,15,21H,8-12H2,1-3H3. The molecule has 5 heteroatoms. The van der Waals surface area contributed by atoms with E-state index >= 15 is 0 Å². The number of hydrogen-bond donors (Lipinski definition) is 1. The van der Waals surface area contributed by atoms with Crippen molar-refractivity contribution in [1.82, 2.24) is 9.80 Å². The van der Waals surface area contributed by atoms with E-state index in [9.17, 15) is 14.3 Å². The molecule has 0 spiro atoms. The first-order valence-corrected chi connectivity index (χ1v) is 7.72. The summed E-state index contributed by atoms with van der Waals surface area (Å²) in [6.07, 6.45) is -0.634. The van der Waals surface area contributed by atoms with Crippen molar-refractivity contribution in [3.05, 3.63) is 35.6 Å². The van der Waals surface area contributed by atoms with Crippen LogP contribution < -0.4 is 0 Å². The Hall–Kier alpha value is -1.46. The van der Waals surface area contributed by atoms with E-state index in [0.29, 0.717) is 19.6 Å². The van der Waals surface area contributed by atoms with Crippen LogP contribution in [0.1, 0.15) is 32.4 Å². The monoisotopic (exact) mass is 308 g/mol. The molecule has 1 aliphatic heterocycles. The summed E-state index contributed by atoms with van der Waals surface area (Å²) in [5, 5.41) is 10.2. The summed E-state index contributed by atoms with van der Waals surface area (Å²) in [4.78, 5) is 16.3. The average molecular weight is 308 g/mol. The zero-order chi connectivity index (χ0) is 16.3. The van der Waals surface area contributed by atoms with Gasteiger partial charge in [-0.25, -0.2) is 4.39 Å². The fourth-order valence-corrected chi connectivity index (χ4v) is 2.64. The molecule has 1 aromatic rings. The van der Waals surface area contributed by atoms with Gasteiger partial charge in [-0.3, -0.25) is 9.69 Å². The summed E-state index contributed by atoms with van der Waals surface area (Å²) in [5.41, 5.74) is 0.366. The van der Waals surface area contributed by atoms with E-state index in [1.165, 1.54) is 12.1 Å². The summed E-state index contributed by atoms with van der Waals surface area (Å²) >= 11 is 0. The molecule has 1 aliphatic rings. The van der Waals surface area contributed by atoms with Gasteiger partial charge in [0.05, 0.1) is 6.10 Å². The normalized spacial score (nSPS) is 18.3. The number of aliphatic hydroxyl groups is 1. The first-order chi connectivity index (χ1) is 10.3. The zero-order valence-electron chi connectivity index (χ0n) is 13.6. The van der Waals surface area contributed by atoms with Crippen LogP contribution in [0.15, 0.2) is 24.3 Å². The van der Waals surface area contributed by atoms with Gasteiger partial charge in [0, 0.05) is 38.1 Å². The number of carbonyl (C=O) groups excluding carboxylic acids is 1. The Kier molecular flexibility index (Phi) is 5.19. The Balaban J connectivity index is 1.85. The number of aliphatic hydroxyl groups excluding tert-OH is 1. The molecule has 0 bridgehead atoms. The van der Waals surface area contributed by atoms with Crippen LogP contribution >= 0.6 is 0 Å². The third kappa shape index (κ3) is 4.27. The van der Waals surface area contributed by atoms with Gasteiger partial charge in [0.1, 0.15) is 5.82 Å². The maximum absolute atomic E-state index is 12.9. The molecule has 0 saturated carbocycles. The van der Waals surface area contributed by atoms with E-state index in [1.54, 1.807) is 12.1 Å². The molecule has 1 unspecified atom stereocenters. The third-order valence-corrected chi connectivity index (χ3v) is 3.99. The van der Waals surface area contributed by atoms with Crippen LogP contribution in [-0.4, -0.2) is 53.5 Å². The molecular formula is C17H25FN2O2. The van der Waals surface area contributed by atoms with Gasteiger partial charge < -0.3 is 10.0 Å². The lowest BCUT2D eigenvalue weighted by Gasteiger charge is -2.38. The molecule has 122 valence electrons. The number of amides is 1. The SMILES string of the molecule is CC(C)(C)C(=O)N1CCN(CC(O)c2ccc(F)cc2)CC1. The fraction of sp³-hybridized carbons (Fsp3) is 0.588. The Labute approximate surface area is 131 Å². The van der Waals surface area contributed by atoms with Gasteiger partial charge in [-0.2, -0.15) is 0 Å². The van der Waals surface area contributed by atoms with Crippen LogP contribution in [0.3, 0.4) is 0 Å². The number of carbonyl (C=O) groups is 1. The molecule has 4 nitrogen and oxygen atoms in total. The maximum atomic E-state index is 12.9. The molecule has 0 aliphatic carbocycles. The van der Waals surface area contributed by atoms with Crippen molar-refractivity contribution >= 4 is 5.91 Å². The summed E-state index contributed by atoms with van der Waals surface area (Å²) < 4.78 is 12.9. The molecule has 1 aromatic carbocycles. The predicted octanol–water partition coefficient (Wildman–Crippen LogP) is 2.05. The fourth-order valence-electron chi connectivity index (χ4n) is 2.64. The highest BCUT2D eigenvalue weighted by atomic mass is 19.1. The second-order valence-electron chi connectivity index (χ2n) is 6.91. The molecule has 0 aromatic heterocycles. The predicted molar refractivity (Wildman–Crippen MR) is 83.8 cm³/mol. The van der Waals surface area contributed by atoms with Crippen molar-refractivity contribution in [3.8, 4) is 0 Å². The minimum atomic E-state index is -0.634. The topological polar surface area (TPSA) is 43.8 Å². The van der Waals surface area contributed by atoms with Gasteiger partial charge in [-0.1, -0.05) is 32.9 Å². The number of piperazine rings is 1. The first kappa shape index (κ1) is 16.9. The largest absolute Gasteiger partial charge is 0.387 e. The van der Waals surface area contributed by atoms with Gasteiger partial charge in [0.2, 0.25) is 5.91 Å². The minimum absolute atomic E-state index is 0.172. The quantitative estimate of drug-likeness (QED) is 0.929. The number of β-amino-alcohol motifs (C(OH)–C–C–N with tert-alkyl or cyclic N) is 1. The number of hydrogen-bond acceptors (Lipinski definition) is 3. The van der Waals surface area contributed by atoms with Crippen LogP contribution in [0, 0.1) is 11.2 Å². The summed E-state index contributed by atoms with van der Waals surface area (Å²) in [6, 6.07) is 5.94. The molecule has 1 heterocycles. The number of nitrogens with zero attached hydrogens (tertiary/aromatic N) is 2. The van der Waals surface area contributed by atoms with Gasteiger partial charge in [-0.15, -0.1) is 0 Å². The first-order valence-electron chi connectivity index (χ1n) is 7.72. The van der Waals surface area contributed by atoms with Gasteiger partial charge in [0.25, 0.3) is 0 Å². The van der Waals surface area contributed by atoms with Gasteiger partial charge in [-0.05, 0) is 17.7 Å². The van der Waals surface area contributed by atoms with Crippen molar-refractivity contribution in [3.63, 3.8) is 0 Å². The Morgan fingerprint density at radius 3 is 2.23 bits per heavy atom. The highest BCUT2D eigenvalue weighted by Gasteiger charge is 2.30. The van der Waals surface area contributed by atoms with E-state index < -0.39 is 6.10 Å². The zero-order valence-corrected chi connectivity index (χ0v) is 13.6. The van der Waals surface area contributed by atoms with Crippen molar-refractivity contribution in [2.24, 2.45) is 5.41 Å². The summed E-state index contributed by atoms with van der Waals surface area (Å²) in [7, 11) is 0. The molecule has 1 N–H and O–H groups in total. The minimum Gasteiger partial charge on any atom is -0.387 e. The van der Waals surface area contributed by atoms with Crippen molar-refractivity contribution in [2.45, 2.75) is 26.9 Å². The molecular weight excluding hydrogens is 283 g/mol. The molecule has 0 radical (unpaired) electrons. The van der Waals surface area contributed by atoms with Crippen molar-refractivity contribution in [2.75, 3.05) is 32.7 Å². The second-order valence-corrected chi connectivity index (χ2v) is 6.91. The van der Waals surface area contributed by atoms with E-state index in [1.807, 2.05) is 25.7 Å². The lowest BCUT2D eigenvalue weighted by Crippen LogP contribution is -2.52. The van der Waals surface area contributed by atoms with Crippen LogP contribution in [0.2, 0.25) is 0 Å². The van der Waals surface area contributed by atoms with Crippen molar-refractivity contribution < 1.29 is 14.3 Å². The van der Waals surface area contributed by atoms with Gasteiger partial charge in [0.15, 0.2) is 0 Å². The molecule has 1 amide bonds. The van der Waals surface area contributed by atoms with Crippen molar-refractivity contribution in [1.29, 1.82) is 0 Å². The number of halogens is 1. The van der Waals surface area contributed by atoms with Crippen LogP contribution in [0.4, 0.5) is 4.39 Å². The highest BCUT2D eigenvalue weighted by molar-refractivity contribution is 5.81. The van der Waals surface area contributed by atoms with E-state index in [4.69, 9.17) is 0 Å². The molecule has 1 atom stereocenters. The Morgan fingerprint density at radius 2 is 1.73 bits per heavy atom. The molecule has 1 fully saturated rings. The van der Waals surface area contributed by atoms with E-state index in [-0.39, 0.29) is 17.1 Å². The number of benzene rings is 1. The lowest BCUT2D eigenvalue weighted by molar-refractivity contribution is -0.141. The van der Waals surface area contributed by atoms with E-state index in [2.05, 4.69) is 4.90 Å². The highest BCUT2D eigenvalue weighted by Crippen LogP contribution is 2.20. The number of rotatable bonds is 3. The van der Waals surface area contributed by atoms with Crippen LogP contribution in [0.5, 0.6) is 0 Å². The lowest BCUT2D eigenvalue weighted by atomic mass is 9.94. The molecule has 22 heavy (non-hydrogen) atoms. The summed E-state index contributed by atoms with van der Waals surface area (Å²) in [5.74, 6) is -0.128. The van der Waals surface area contributed by atoms with Crippen LogP contribution in [-0.2, 0) is 4.79 Å². The summed E-state index contributed by atoms with van der Waals surface area (Å²) in [6.45, 7) is 9.17. The molecule has 1 saturated heterocycles. The Morgan fingerprint density at radius 1 is 1.18 bits per heavy atom. The molecule has 2 rings (SSSR count). The van der Waals surface area contributed by atoms with Gasteiger partial charge >= 0.3 is 0 Å². The maximum Gasteiger partial charge on any atom is 0.228 e. The average Bonchev–Trinajstić information content (AvgIpc) is 2.47.